The molecule has 0 saturated heterocycles. The molecule has 1 aliphatic rings. The third-order valence-electron chi connectivity index (χ3n) is 3.36. The number of aliphatic hydroxyl groups is 1. The Hall–Kier alpha value is -0.0831. The number of rotatable bonds is 3. The Balaban J connectivity index is 2.53. The van der Waals surface area contributed by atoms with Gasteiger partial charge in [-0.2, -0.15) is 0 Å². The van der Waals surface area contributed by atoms with E-state index in [1.54, 1.807) is 0 Å². The third-order valence-corrected chi connectivity index (χ3v) is 4.88. The van der Waals surface area contributed by atoms with Crippen LogP contribution in [0.5, 0.6) is 0 Å². The molecule has 88 valence electrons. The van der Waals surface area contributed by atoms with Crippen LogP contribution < -0.4 is 0 Å². The summed E-state index contributed by atoms with van der Waals surface area (Å²) in [5.74, 6) is 1.07. The molecule has 1 saturated carbocycles. The molecule has 1 rings (SSSR count). The van der Waals surface area contributed by atoms with Crippen molar-refractivity contribution in [1.29, 1.82) is 0 Å². The first-order chi connectivity index (χ1) is 6.79. The smallest absolute Gasteiger partial charge is 0.0607 e. The average molecular weight is 226 g/mol. The molecule has 1 nitrogen and oxygen atoms in total. The highest BCUT2D eigenvalue weighted by molar-refractivity contribution is 6.76. The molecule has 3 atom stereocenters. The quantitative estimate of drug-likeness (QED) is 0.575. The van der Waals surface area contributed by atoms with Crippen LogP contribution in [0.1, 0.15) is 26.2 Å². The summed E-state index contributed by atoms with van der Waals surface area (Å²) in [5, 5.41) is 10.1. The van der Waals surface area contributed by atoms with Gasteiger partial charge in [-0.15, -0.1) is 0 Å². The zero-order valence-corrected chi connectivity index (χ0v) is 11.7. The van der Waals surface area contributed by atoms with Crippen LogP contribution in [-0.2, 0) is 0 Å². The van der Waals surface area contributed by atoms with Crippen molar-refractivity contribution in [3.8, 4) is 0 Å². The van der Waals surface area contributed by atoms with Crippen molar-refractivity contribution in [2.45, 2.75) is 58.0 Å². The second kappa shape index (κ2) is 4.83. The molecule has 0 heterocycles. The maximum Gasteiger partial charge on any atom is 0.0607 e. The lowest BCUT2D eigenvalue weighted by atomic mass is 9.78. The largest absolute Gasteiger partial charge is 0.392 e. The van der Waals surface area contributed by atoms with Gasteiger partial charge in [-0.3, -0.25) is 0 Å². The molecule has 0 aliphatic heterocycles. The Morgan fingerprint density at radius 3 is 2.40 bits per heavy atom. The highest BCUT2D eigenvalue weighted by Crippen LogP contribution is 2.35. The van der Waals surface area contributed by atoms with Crippen LogP contribution in [0, 0.1) is 11.8 Å². The van der Waals surface area contributed by atoms with E-state index in [-0.39, 0.29) is 6.10 Å². The fourth-order valence-corrected chi connectivity index (χ4v) is 4.26. The van der Waals surface area contributed by atoms with Crippen molar-refractivity contribution < 1.29 is 5.11 Å². The highest BCUT2D eigenvalue weighted by atomic mass is 28.3. The van der Waals surface area contributed by atoms with Crippen LogP contribution in [0.2, 0.25) is 25.7 Å². The summed E-state index contributed by atoms with van der Waals surface area (Å²) in [7, 11) is -1.06. The molecular weight excluding hydrogens is 200 g/mol. The Labute approximate surface area is 95.6 Å². The zero-order chi connectivity index (χ0) is 11.6. The highest BCUT2D eigenvalue weighted by Gasteiger charge is 2.30. The summed E-state index contributed by atoms with van der Waals surface area (Å²) < 4.78 is 0. The summed E-state index contributed by atoms with van der Waals surface area (Å²) in [4.78, 5) is 0. The molecule has 0 amide bonds. The molecule has 3 unspecified atom stereocenters. The third kappa shape index (κ3) is 4.11. The minimum atomic E-state index is -1.06. The first-order valence-corrected chi connectivity index (χ1v) is 9.86. The SMILES string of the molecule is C=C(C[Si](C)(C)C)C1CCC(C)CC1O. The molecule has 1 aliphatic carbocycles. The van der Waals surface area contributed by atoms with Gasteiger partial charge in [0.05, 0.1) is 6.10 Å². The Bertz CT molecular complexity index is 229. The lowest BCUT2D eigenvalue weighted by molar-refractivity contribution is 0.0656. The van der Waals surface area contributed by atoms with Crippen molar-refractivity contribution in [3.05, 3.63) is 12.2 Å². The van der Waals surface area contributed by atoms with Gasteiger partial charge in [0.2, 0.25) is 0 Å². The molecule has 1 N–H and O–H groups in total. The van der Waals surface area contributed by atoms with Gasteiger partial charge in [0.25, 0.3) is 0 Å². The van der Waals surface area contributed by atoms with Gasteiger partial charge >= 0.3 is 0 Å². The van der Waals surface area contributed by atoms with E-state index in [0.717, 1.165) is 12.8 Å². The van der Waals surface area contributed by atoms with E-state index in [9.17, 15) is 5.11 Å². The van der Waals surface area contributed by atoms with Gasteiger partial charge in [0, 0.05) is 14.0 Å². The number of hydrogen-bond acceptors (Lipinski definition) is 1. The van der Waals surface area contributed by atoms with Gasteiger partial charge in [-0.05, 0) is 31.2 Å². The minimum Gasteiger partial charge on any atom is -0.392 e. The average Bonchev–Trinajstić information content (AvgIpc) is 1.99. The zero-order valence-electron chi connectivity index (χ0n) is 10.7. The molecule has 0 bridgehead atoms. The fraction of sp³-hybridized carbons (Fsp3) is 0.846. The summed E-state index contributed by atoms with van der Waals surface area (Å²) >= 11 is 0. The lowest BCUT2D eigenvalue weighted by Gasteiger charge is -2.34. The van der Waals surface area contributed by atoms with Crippen molar-refractivity contribution in [2.75, 3.05) is 0 Å². The fourth-order valence-electron chi connectivity index (χ4n) is 2.64. The topological polar surface area (TPSA) is 20.2 Å². The van der Waals surface area contributed by atoms with E-state index in [2.05, 4.69) is 33.1 Å². The Morgan fingerprint density at radius 2 is 1.93 bits per heavy atom. The monoisotopic (exact) mass is 226 g/mol. The molecule has 2 heteroatoms. The summed E-state index contributed by atoms with van der Waals surface area (Å²) in [6.07, 6.45) is 3.24. The van der Waals surface area contributed by atoms with E-state index in [0.29, 0.717) is 11.8 Å². The molecule has 15 heavy (non-hydrogen) atoms. The summed E-state index contributed by atoms with van der Waals surface area (Å²) in [5.41, 5.74) is 1.31. The molecule has 0 spiro atoms. The minimum absolute atomic E-state index is 0.127. The first kappa shape index (κ1) is 13.0. The maximum absolute atomic E-state index is 10.1. The molecule has 0 aromatic rings. The van der Waals surface area contributed by atoms with E-state index < -0.39 is 8.07 Å². The second-order valence-electron chi connectivity index (χ2n) is 6.49. The molecule has 0 aromatic carbocycles. The van der Waals surface area contributed by atoms with E-state index in [4.69, 9.17) is 0 Å². The Kier molecular flexibility index (Phi) is 4.18. The normalized spacial score (nSPS) is 32.7. The molecular formula is C13H26OSi. The molecule has 1 fully saturated rings. The first-order valence-electron chi connectivity index (χ1n) is 6.15. The summed E-state index contributed by atoms with van der Waals surface area (Å²) in [6, 6.07) is 1.17. The molecule has 0 aromatic heterocycles. The van der Waals surface area contributed by atoms with Crippen molar-refractivity contribution >= 4 is 8.07 Å². The van der Waals surface area contributed by atoms with Gasteiger partial charge in [0.1, 0.15) is 0 Å². The van der Waals surface area contributed by atoms with Gasteiger partial charge in [-0.25, -0.2) is 0 Å². The second-order valence-corrected chi connectivity index (χ2v) is 12.0. The van der Waals surface area contributed by atoms with E-state index in [1.165, 1.54) is 18.0 Å². The standard InChI is InChI=1S/C13H26OSi/c1-10-6-7-12(13(14)8-10)11(2)9-15(3,4)5/h10,12-14H,2,6-9H2,1,3-5H3. The number of aliphatic hydroxyl groups excluding tert-OH is 1. The van der Waals surface area contributed by atoms with Crippen molar-refractivity contribution in [3.63, 3.8) is 0 Å². The van der Waals surface area contributed by atoms with Crippen LogP contribution >= 0.6 is 0 Å². The molecule has 0 radical (unpaired) electrons. The van der Waals surface area contributed by atoms with E-state index in [1.807, 2.05) is 0 Å². The van der Waals surface area contributed by atoms with Crippen LogP contribution in [-0.4, -0.2) is 19.3 Å². The van der Waals surface area contributed by atoms with Crippen LogP contribution in [0.25, 0.3) is 0 Å². The maximum atomic E-state index is 10.1. The van der Waals surface area contributed by atoms with Crippen molar-refractivity contribution in [2.24, 2.45) is 11.8 Å². The van der Waals surface area contributed by atoms with Gasteiger partial charge < -0.3 is 5.11 Å². The Morgan fingerprint density at radius 1 is 1.33 bits per heavy atom. The van der Waals surface area contributed by atoms with Gasteiger partial charge in [-0.1, -0.05) is 38.7 Å². The van der Waals surface area contributed by atoms with Crippen molar-refractivity contribution in [1.82, 2.24) is 0 Å². The van der Waals surface area contributed by atoms with Crippen LogP contribution in [0.15, 0.2) is 12.2 Å². The number of hydrogen-bond donors (Lipinski definition) is 1. The van der Waals surface area contributed by atoms with Gasteiger partial charge in [0.15, 0.2) is 0 Å². The van der Waals surface area contributed by atoms with Crippen LogP contribution in [0.4, 0.5) is 0 Å². The van der Waals surface area contributed by atoms with Crippen LogP contribution in [0.3, 0.4) is 0 Å². The lowest BCUT2D eigenvalue weighted by Crippen LogP contribution is -2.32. The van der Waals surface area contributed by atoms with E-state index >= 15 is 0 Å². The predicted molar refractivity (Wildman–Crippen MR) is 69.8 cm³/mol. The predicted octanol–water partition coefficient (Wildman–Crippen LogP) is 3.68. The summed E-state index contributed by atoms with van der Waals surface area (Å²) in [6.45, 7) is 13.6.